The second kappa shape index (κ2) is 4.83. The fourth-order valence-electron chi connectivity index (χ4n) is 1.69. The molecule has 1 aromatic heterocycles. The average molecular weight is 260 g/mol. The van der Waals surface area contributed by atoms with Crippen LogP contribution in [0.5, 0.6) is 5.75 Å². The van der Waals surface area contributed by atoms with E-state index in [1.807, 2.05) is 0 Å². The smallest absolute Gasteiger partial charge is 0.408 e. The van der Waals surface area contributed by atoms with Crippen LogP contribution in [-0.4, -0.2) is 41.2 Å². The van der Waals surface area contributed by atoms with Gasteiger partial charge in [0.15, 0.2) is 6.61 Å². The standard InChI is InChI=1S/C11H11F3N2O2/c12-11(13,14)9-3-5-16(9)10(17)7-18-8-2-1-4-15-6-8/h1-2,4,6,9H,3,5,7H2. The van der Waals surface area contributed by atoms with E-state index in [1.54, 1.807) is 12.1 Å². The Morgan fingerprint density at radius 2 is 2.33 bits per heavy atom. The predicted molar refractivity (Wildman–Crippen MR) is 55.9 cm³/mol. The molecule has 0 aromatic carbocycles. The molecule has 1 saturated heterocycles. The first kappa shape index (κ1) is 12.7. The monoisotopic (exact) mass is 260 g/mol. The van der Waals surface area contributed by atoms with Gasteiger partial charge in [-0.1, -0.05) is 0 Å². The zero-order valence-electron chi connectivity index (χ0n) is 9.35. The van der Waals surface area contributed by atoms with Gasteiger partial charge in [0.2, 0.25) is 0 Å². The molecule has 1 aromatic rings. The van der Waals surface area contributed by atoms with Crippen LogP contribution in [0.25, 0.3) is 0 Å². The minimum absolute atomic E-state index is 0.0396. The summed E-state index contributed by atoms with van der Waals surface area (Å²) in [4.78, 5) is 16.1. The summed E-state index contributed by atoms with van der Waals surface area (Å²) in [5.74, 6) is -0.303. The molecular weight excluding hydrogens is 249 g/mol. The number of carbonyl (C=O) groups is 1. The van der Waals surface area contributed by atoms with Crippen LogP contribution in [0.2, 0.25) is 0 Å². The van der Waals surface area contributed by atoms with Crippen LogP contribution in [-0.2, 0) is 4.79 Å². The molecule has 1 atom stereocenters. The SMILES string of the molecule is O=C(COc1cccnc1)N1CCC1C(F)(F)F. The highest BCUT2D eigenvalue weighted by molar-refractivity contribution is 5.79. The Kier molecular flexibility index (Phi) is 3.40. The van der Waals surface area contributed by atoms with Crippen molar-refractivity contribution in [2.75, 3.05) is 13.2 Å². The Morgan fingerprint density at radius 3 is 2.83 bits per heavy atom. The molecular formula is C11H11F3N2O2. The highest BCUT2D eigenvalue weighted by atomic mass is 19.4. The number of hydrogen-bond acceptors (Lipinski definition) is 3. The van der Waals surface area contributed by atoms with Gasteiger partial charge in [-0.3, -0.25) is 9.78 Å². The van der Waals surface area contributed by atoms with Gasteiger partial charge in [0.1, 0.15) is 11.8 Å². The Morgan fingerprint density at radius 1 is 1.56 bits per heavy atom. The molecule has 0 saturated carbocycles. The number of rotatable bonds is 3. The van der Waals surface area contributed by atoms with Crippen molar-refractivity contribution in [3.63, 3.8) is 0 Å². The normalized spacial score (nSPS) is 19.3. The van der Waals surface area contributed by atoms with Gasteiger partial charge in [0.05, 0.1) is 6.20 Å². The third-order valence-corrected chi connectivity index (χ3v) is 2.71. The number of pyridine rings is 1. The summed E-state index contributed by atoms with van der Waals surface area (Å²) < 4.78 is 42.4. The van der Waals surface area contributed by atoms with Crippen molar-refractivity contribution in [2.24, 2.45) is 0 Å². The van der Waals surface area contributed by atoms with E-state index >= 15 is 0 Å². The lowest BCUT2D eigenvalue weighted by molar-refractivity contribution is -0.213. The first-order valence-corrected chi connectivity index (χ1v) is 5.37. The first-order valence-electron chi connectivity index (χ1n) is 5.37. The molecule has 1 aliphatic rings. The maximum absolute atomic E-state index is 12.4. The van der Waals surface area contributed by atoms with Crippen molar-refractivity contribution >= 4 is 5.91 Å². The summed E-state index contributed by atoms with van der Waals surface area (Å²) in [7, 11) is 0. The highest BCUT2D eigenvalue weighted by Crippen LogP contribution is 2.33. The number of halogens is 3. The number of hydrogen-bond donors (Lipinski definition) is 0. The van der Waals surface area contributed by atoms with E-state index in [1.165, 1.54) is 12.4 Å². The van der Waals surface area contributed by atoms with E-state index in [0.29, 0.717) is 5.75 Å². The van der Waals surface area contributed by atoms with E-state index < -0.39 is 24.7 Å². The quantitative estimate of drug-likeness (QED) is 0.829. The lowest BCUT2D eigenvalue weighted by atomic mass is 10.0. The topological polar surface area (TPSA) is 42.4 Å². The summed E-state index contributed by atoms with van der Waals surface area (Å²) in [6.45, 7) is -0.280. The van der Waals surface area contributed by atoms with E-state index in [9.17, 15) is 18.0 Å². The molecule has 2 heterocycles. The van der Waals surface area contributed by atoms with Crippen molar-refractivity contribution in [2.45, 2.75) is 18.6 Å². The van der Waals surface area contributed by atoms with E-state index in [2.05, 4.69) is 4.98 Å². The summed E-state index contributed by atoms with van der Waals surface area (Å²) in [6, 6.07) is 1.53. The van der Waals surface area contributed by atoms with Gasteiger partial charge in [0.25, 0.3) is 5.91 Å². The van der Waals surface area contributed by atoms with E-state index in [0.717, 1.165) is 4.90 Å². The fraction of sp³-hybridized carbons (Fsp3) is 0.455. The lowest BCUT2D eigenvalue weighted by Crippen LogP contribution is -2.59. The van der Waals surface area contributed by atoms with Crippen LogP contribution in [0.1, 0.15) is 6.42 Å². The van der Waals surface area contributed by atoms with Crippen molar-refractivity contribution in [3.8, 4) is 5.75 Å². The maximum atomic E-state index is 12.4. The minimum atomic E-state index is -4.36. The van der Waals surface area contributed by atoms with E-state index in [-0.39, 0.29) is 13.0 Å². The van der Waals surface area contributed by atoms with Crippen LogP contribution < -0.4 is 4.74 Å². The fourth-order valence-corrected chi connectivity index (χ4v) is 1.69. The highest BCUT2D eigenvalue weighted by Gasteiger charge is 2.50. The van der Waals surface area contributed by atoms with Gasteiger partial charge in [-0.25, -0.2) is 0 Å². The third-order valence-electron chi connectivity index (χ3n) is 2.71. The minimum Gasteiger partial charge on any atom is -0.482 e. The van der Waals surface area contributed by atoms with Gasteiger partial charge < -0.3 is 9.64 Å². The molecule has 0 aliphatic carbocycles. The molecule has 4 nitrogen and oxygen atoms in total. The maximum Gasteiger partial charge on any atom is 0.408 e. The number of amides is 1. The molecule has 98 valence electrons. The predicted octanol–water partition coefficient (Wildman–Crippen LogP) is 1.62. The van der Waals surface area contributed by atoms with Crippen LogP contribution >= 0.6 is 0 Å². The number of likely N-dealkylation sites (tertiary alicyclic amines) is 1. The number of alkyl halides is 3. The molecule has 0 spiro atoms. The Hall–Kier alpha value is -1.79. The Labute approximate surface area is 101 Å². The summed E-state index contributed by atoms with van der Waals surface area (Å²) in [6.07, 6.45) is -1.47. The molecule has 1 fully saturated rings. The van der Waals surface area contributed by atoms with Crippen molar-refractivity contribution in [3.05, 3.63) is 24.5 Å². The molecule has 0 bridgehead atoms. The number of carbonyl (C=O) groups excluding carboxylic acids is 1. The zero-order valence-corrected chi connectivity index (χ0v) is 9.35. The molecule has 1 aliphatic heterocycles. The van der Waals surface area contributed by atoms with Crippen molar-refractivity contribution in [1.29, 1.82) is 0 Å². The van der Waals surface area contributed by atoms with Crippen molar-refractivity contribution < 1.29 is 22.7 Å². The average Bonchev–Trinajstić information content (AvgIpc) is 2.24. The number of nitrogens with zero attached hydrogens (tertiary/aromatic N) is 2. The third kappa shape index (κ3) is 2.72. The largest absolute Gasteiger partial charge is 0.482 e. The van der Waals surface area contributed by atoms with Gasteiger partial charge in [0, 0.05) is 12.7 Å². The molecule has 18 heavy (non-hydrogen) atoms. The molecule has 0 N–H and O–H groups in total. The first-order chi connectivity index (χ1) is 8.48. The summed E-state index contributed by atoms with van der Waals surface area (Å²) >= 11 is 0. The second-order valence-electron chi connectivity index (χ2n) is 3.91. The molecule has 2 rings (SSSR count). The Bertz CT molecular complexity index is 422. The number of aromatic nitrogens is 1. The Balaban J connectivity index is 1.86. The summed E-state index contributed by atoms with van der Waals surface area (Å²) in [5.41, 5.74) is 0. The van der Waals surface area contributed by atoms with Crippen molar-refractivity contribution in [1.82, 2.24) is 9.88 Å². The second-order valence-corrected chi connectivity index (χ2v) is 3.91. The molecule has 1 amide bonds. The number of ether oxygens (including phenoxy) is 1. The van der Waals surface area contributed by atoms with Gasteiger partial charge in [-0.2, -0.15) is 13.2 Å². The van der Waals surface area contributed by atoms with Gasteiger partial charge in [-0.05, 0) is 18.6 Å². The molecule has 0 radical (unpaired) electrons. The molecule has 7 heteroatoms. The lowest BCUT2D eigenvalue weighted by Gasteiger charge is -2.41. The molecule has 1 unspecified atom stereocenters. The van der Waals surface area contributed by atoms with Crippen LogP contribution in [0, 0.1) is 0 Å². The van der Waals surface area contributed by atoms with Gasteiger partial charge in [-0.15, -0.1) is 0 Å². The zero-order chi connectivity index (χ0) is 13.2. The van der Waals surface area contributed by atoms with Crippen LogP contribution in [0.3, 0.4) is 0 Å². The summed E-state index contributed by atoms with van der Waals surface area (Å²) in [5, 5.41) is 0. The van der Waals surface area contributed by atoms with E-state index in [4.69, 9.17) is 4.74 Å². The van der Waals surface area contributed by atoms with Crippen LogP contribution in [0.4, 0.5) is 13.2 Å². The van der Waals surface area contributed by atoms with Gasteiger partial charge >= 0.3 is 6.18 Å². The van der Waals surface area contributed by atoms with Crippen LogP contribution in [0.15, 0.2) is 24.5 Å².